The number of nitrogens with zero attached hydrogens (tertiary/aromatic N) is 1. The molecule has 0 spiro atoms. The second-order valence-corrected chi connectivity index (χ2v) is 3.40. The predicted molar refractivity (Wildman–Crippen MR) is 62.7 cm³/mol. The first-order chi connectivity index (χ1) is 8.11. The minimum atomic E-state index is -0.457. The minimum Gasteiger partial charge on any atom is -0.453 e. The van der Waals surface area contributed by atoms with Crippen LogP contribution in [0.15, 0.2) is 18.3 Å². The van der Waals surface area contributed by atoms with Crippen LogP contribution in [0.5, 0.6) is 0 Å². The van der Waals surface area contributed by atoms with Gasteiger partial charge in [0, 0.05) is 19.7 Å². The van der Waals surface area contributed by atoms with Gasteiger partial charge in [0.2, 0.25) is 5.91 Å². The normalized spacial score (nSPS) is 9.53. The van der Waals surface area contributed by atoms with Crippen LogP contribution in [0.3, 0.4) is 0 Å². The van der Waals surface area contributed by atoms with E-state index >= 15 is 0 Å². The summed E-state index contributed by atoms with van der Waals surface area (Å²) in [5.74, 6) is 0.343. The maximum Gasteiger partial charge on any atom is 0.406 e. The quantitative estimate of drug-likeness (QED) is 0.816. The molecule has 0 fully saturated rings. The van der Waals surface area contributed by atoms with E-state index in [1.165, 1.54) is 14.0 Å². The van der Waals surface area contributed by atoms with Gasteiger partial charge in [0.05, 0.1) is 7.11 Å². The molecule has 0 bridgehead atoms. The topological polar surface area (TPSA) is 80.3 Å². The van der Waals surface area contributed by atoms with Crippen LogP contribution in [-0.2, 0) is 16.0 Å². The molecule has 0 radical (unpaired) electrons. The van der Waals surface area contributed by atoms with Gasteiger partial charge in [0.1, 0.15) is 5.82 Å². The van der Waals surface area contributed by atoms with Gasteiger partial charge in [0.25, 0.3) is 0 Å². The van der Waals surface area contributed by atoms with Gasteiger partial charge >= 0.3 is 6.09 Å². The van der Waals surface area contributed by atoms with Crippen molar-refractivity contribution in [1.29, 1.82) is 0 Å². The van der Waals surface area contributed by atoms with E-state index in [2.05, 4.69) is 20.4 Å². The lowest BCUT2D eigenvalue weighted by Crippen LogP contribution is -2.25. The number of carbonyl (C=O) groups is 2. The summed E-state index contributed by atoms with van der Waals surface area (Å²) in [6.07, 6.45) is 1.80. The number of hydrogen-bond donors (Lipinski definition) is 2. The highest BCUT2D eigenvalue weighted by Crippen LogP contribution is 2.06. The van der Waals surface area contributed by atoms with Crippen molar-refractivity contribution < 1.29 is 14.3 Å². The SMILES string of the molecule is COC(=O)NCCc1ccnc(NC(C)=O)c1. The Hall–Kier alpha value is -2.11. The Balaban J connectivity index is 2.48. The Morgan fingerprint density at radius 1 is 1.47 bits per heavy atom. The molecule has 0 aliphatic heterocycles. The third kappa shape index (κ3) is 4.96. The van der Waals surface area contributed by atoms with E-state index in [1.807, 2.05) is 6.07 Å². The molecule has 0 saturated carbocycles. The summed E-state index contributed by atoms with van der Waals surface area (Å²) in [5.41, 5.74) is 0.972. The summed E-state index contributed by atoms with van der Waals surface area (Å²) >= 11 is 0. The fraction of sp³-hybridized carbons (Fsp3) is 0.364. The predicted octanol–water partition coefficient (Wildman–Crippen LogP) is 0.938. The number of ether oxygens (including phenoxy) is 1. The molecule has 17 heavy (non-hydrogen) atoms. The Kier molecular flexibility index (Phi) is 4.93. The summed E-state index contributed by atoms with van der Waals surface area (Å²) < 4.78 is 4.45. The van der Waals surface area contributed by atoms with Gasteiger partial charge in [0.15, 0.2) is 0 Å². The van der Waals surface area contributed by atoms with Crippen molar-refractivity contribution in [3.63, 3.8) is 0 Å². The second-order valence-electron chi connectivity index (χ2n) is 3.40. The molecule has 1 aromatic rings. The number of nitrogens with one attached hydrogen (secondary N) is 2. The fourth-order valence-electron chi connectivity index (χ4n) is 1.26. The molecule has 0 atom stereocenters. The number of rotatable bonds is 4. The van der Waals surface area contributed by atoms with Gasteiger partial charge in [-0.1, -0.05) is 0 Å². The van der Waals surface area contributed by atoms with Crippen molar-refractivity contribution in [3.8, 4) is 0 Å². The molecule has 0 aliphatic carbocycles. The Bertz CT molecular complexity index is 407. The number of methoxy groups -OCH3 is 1. The zero-order chi connectivity index (χ0) is 12.7. The standard InChI is InChI=1S/C11H15N3O3/c1-8(15)14-10-7-9(3-5-12-10)4-6-13-11(16)17-2/h3,5,7H,4,6H2,1-2H3,(H,13,16)(H,12,14,15). The van der Waals surface area contributed by atoms with E-state index < -0.39 is 6.09 Å². The minimum absolute atomic E-state index is 0.165. The van der Waals surface area contributed by atoms with Gasteiger partial charge in [-0.15, -0.1) is 0 Å². The van der Waals surface area contributed by atoms with Crippen LogP contribution in [0.1, 0.15) is 12.5 Å². The molecule has 0 aliphatic rings. The number of alkyl carbamates (subject to hydrolysis) is 1. The van der Waals surface area contributed by atoms with Crippen LogP contribution in [0, 0.1) is 0 Å². The van der Waals surface area contributed by atoms with Gasteiger partial charge in [-0.2, -0.15) is 0 Å². The molecule has 6 heteroatoms. The first kappa shape index (κ1) is 13.0. The van der Waals surface area contributed by atoms with Crippen LogP contribution < -0.4 is 10.6 Å². The summed E-state index contributed by atoms with van der Waals surface area (Å²) in [4.78, 5) is 25.6. The number of aromatic nitrogens is 1. The number of amides is 2. The lowest BCUT2D eigenvalue weighted by Gasteiger charge is -2.05. The average Bonchev–Trinajstić information content (AvgIpc) is 2.28. The summed E-state index contributed by atoms with van der Waals surface area (Å²) in [6.45, 7) is 1.89. The molecular weight excluding hydrogens is 222 g/mol. The maximum absolute atomic E-state index is 10.8. The summed E-state index contributed by atoms with van der Waals surface area (Å²) in [7, 11) is 1.32. The molecule has 0 saturated heterocycles. The summed E-state index contributed by atoms with van der Waals surface area (Å²) in [5, 5.41) is 5.17. The van der Waals surface area contributed by atoms with E-state index in [9.17, 15) is 9.59 Å². The molecule has 2 amide bonds. The molecule has 1 heterocycles. The third-order valence-corrected chi connectivity index (χ3v) is 2.00. The van der Waals surface area contributed by atoms with Crippen molar-refractivity contribution in [3.05, 3.63) is 23.9 Å². The largest absolute Gasteiger partial charge is 0.453 e. The first-order valence-electron chi connectivity index (χ1n) is 5.16. The molecule has 1 aromatic heterocycles. The van der Waals surface area contributed by atoms with Crippen molar-refractivity contribution in [2.75, 3.05) is 19.0 Å². The highest BCUT2D eigenvalue weighted by molar-refractivity contribution is 5.87. The molecule has 6 nitrogen and oxygen atoms in total. The van der Waals surface area contributed by atoms with Crippen molar-refractivity contribution >= 4 is 17.8 Å². The zero-order valence-corrected chi connectivity index (χ0v) is 9.82. The van der Waals surface area contributed by atoms with E-state index in [-0.39, 0.29) is 5.91 Å². The van der Waals surface area contributed by atoms with Crippen LogP contribution >= 0.6 is 0 Å². The van der Waals surface area contributed by atoms with Crippen molar-refractivity contribution in [2.45, 2.75) is 13.3 Å². The maximum atomic E-state index is 10.8. The van der Waals surface area contributed by atoms with E-state index in [0.717, 1.165) is 5.56 Å². The zero-order valence-electron chi connectivity index (χ0n) is 9.82. The van der Waals surface area contributed by atoms with Gasteiger partial charge in [-0.25, -0.2) is 9.78 Å². The molecule has 0 unspecified atom stereocenters. The Labute approximate surface area is 99.4 Å². The van der Waals surface area contributed by atoms with E-state index in [1.54, 1.807) is 12.3 Å². The van der Waals surface area contributed by atoms with Gasteiger partial charge in [-0.3, -0.25) is 4.79 Å². The smallest absolute Gasteiger partial charge is 0.406 e. The number of carbonyl (C=O) groups excluding carboxylic acids is 2. The number of anilines is 1. The monoisotopic (exact) mass is 237 g/mol. The summed E-state index contributed by atoms with van der Waals surface area (Å²) in [6, 6.07) is 3.59. The van der Waals surface area contributed by atoms with Crippen molar-refractivity contribution in [1.82, 2.24) is 10.3 Å². The van der Waals surface area contributed by atoms with Crippen molar-refractivity contribution in [2.24, 2.45) is 0 Å². The van der Waals surface area contributed by atoms with E-state index in [0.29, 0.717) is 18.8 Å². The van der Waals surface area contributed by atoms with Crippen LogP contribution in [-0.4, -0.2) is 30.6 Å². The van der Waals surface area contributed by atoms with Crippen LogP contribution in [0.2, 0.25) is 0 Å². The van der Waals surface area contributed by atoms with E-state index in [4.69, 9.17) is 0 Å². The van der Waals surface area contributed by atoms with Gasteiger partial charge < -0.3 is 15.4 Å². The fourth-order valence-corrected chi connectivity index (χ4v) is 1.26. The second kappa shape index (κ2) is 6.47. The molecule has 0 aromatic carbocycles. The lowest BCUT2D eigenvalue weighted by atomic mass is 10.2. The van der Waals surface area contributed by atoms with Gasteiger partial charge in [-0.05, 0) is 24.1 Å². The highest BCUT2D eigenvalue weighted by atomic mass is 16.5. The Morgan fingerprint density at radius 3 is 2.88 bits per heavy atom. The third-order valence-electron chi connectivity index (χ3n) is 2.00. The average molecular weight is 237 g/mol. The molecule has 1 rings (SSSR count). The number of pyridine rings is 1. The lowest BCUT2D eigenvalue weighted by molar-refractivity contribution is -0.114. The molecular formula is C11H15N3O3. The first-order valence-corrected chi connectivity index (χ1v) is 5.16. The molecule has 92 valence electrons. The molecule has 2 N–H and O–H groups in total. The van der Waals surface area contributed by atoms with Crippen LogP contribution in [0.25, 0.3) is 0 Å². The van der Waals surface area contributed by atoms with Crippen LogP contribution in [0.4, 0.5) is 10.6 Å². The number of hydrogen-bond acceptors (Lipinski definition) is 4. The highest BCUT2D eigenvalue weighted by Gasteiger charge is 2.01. The Morgan fingerprint density at radius 2 is 2.24 bits per heavy atom.